The van der Waals surface area contributed by atoms with Gasteiger partial charge < -0.3 is 14.2 Å². The van der Waals surface area contributed by atoms with E-state index in [1.807, 2.05) is 6.07 Å². The first-order valence-electron chi connectivity index (χ1n) is 9.97. The van der Waals surface area contributed by atoms with Gasteiger partial charge in [0.1, 0.15) is 5.52 Å². The molecule has 4 rings (SSSR count). The van der Waals surface area contributed by atoms with Crippen LogP contribution in [0.15, 0.2) is 38.2 Å². The molecule has 1 aliphatic carbocycles. The number of halogens is 1. The number of aromatic nitrogens is 1. The molecule has 160 valence electrons. The number of aryl methyl sites for hydroxylation is 1. The van der Waals surface area contributed by atoms with E-state index in [-0.39, 0.29) is 34.5 Å². The van der Waals surface area contributed by atoms with Gasteiger partial charge in [-0.1, -0.05) is 18.5 Å². The minimum Gasteiger partial charge on any atom is -0.440 e. The number of benzene rings is 1. The van der Waals surface area contributed by atoms with Crippen LogP contribution < -0.4 is 5.32 Å². The summed E-state index contributed by atoms with van der Waals surface area (Å²) in [4.78, 5) is 17.2. The van der Waals surface area contributed by atoms with Crippen molar-refractivity contribution in [2.75, 3.05) is 5.75 Å². The molecular weight excluding hydrogens is 428 g/mol. The van der Waals surface area contributed by atoms with E-state index in [0.29, 0.717) is 16.5 Å². The summed E-state index contributed by atoms with van der Waals surface area (Å²) < 4.78 is 35.2. The van der Waals surface area contributed by atoms with Crippen molar-refractivity contribution < 1.29 is 22.0 Å². The molecule has 1 saturated carbocycles. The summed E-state index contributed by atoms with van der Waals surface area (Å²) in [6, 6.07) is 6.78. The van der Waals surface area contributed by atoms with Crippen LogP contribution in [0.3, 0.4) is 0 Å². The number of furan rings is 1. The summed E-state index contributed by atoms with van der Waals surface area (Å²) in [5.41, 5.74) is 1.98. The summed E-state index contributed by atoms with van der Waals surface area (Å²) in [6.07, 6.45) is 3.21. The molecule has 30 heavy (non-hydrogen) atoms. The molecule has 1 N–H and O–H groups in total. The number of carbonyl (C=O) groups excluding carboxylic acids is 1. The van der Waals surface area contributed by atoms with E-state index < -0.39 is 9.84 Å². The van der Waals surface area contributed by atoms with E-state index in [1.165, 1.54) is 13.0 Å². The SMILES string of the molecule is CCS(=O)(=O)c1cc(C)c(C(=O)NC2CCC(c3nc4cc(Cl)ccc4o3)CC2)o1. The largest absolute Gasteiger partial charge is 0.440 e. The van der Waals surface area contributed by atoms with E-state index in [1.54, 1.807) is 19.1 Å². The molecule has 2 aromatic heterocycles. The highest BCUT2D eigenvalue weighted by molar-refractivity contribution is 7.91. The van der Waals surface area contributed by atoms with Gasteiger partial charge >= 0.3 is 0 Å². The summed E-state index contributed by atoms with van der Waals surface area (Å²) in [5, 5.41) is 3.43. The van der Waals surface area contributed by atoms with Gasteiger partial charge in [-0.2, -0.15) is 0 Å². The number of nitrogens with zero attached hydrogens (tertiary/aromatic N) is 1. The first-order valence-corrected chi connectivity index (χ1v) is 12.0. The summed E-state index contributed by atoms with van der Waals surface area (Å²) in [6.45, 7) is 3.21. The van der Waals surface area contributed by atoms with Crippen LogP contribution in [-0.2, 0) is 9.84 Å². The highest BCUT2D eigenvalue weighted by atomic mass is 35.5. The highest BCUT2D eigenvalue weighted by Gasteiger charge is 2.29. The molecule has 0 spiro atoms. The third kappa shape index (κ3) is 4.11. The second-order valence-electron chi connectivity index (χ2n) is 7.67. The van der Waals surface area contributed by atoms with Gasteiger partial charge in [-0.05, 0) is 56.9 Å². The summed E-state index contributed by atoms with van der Waals surface area (Å²) >= 11 is 6.01. The fraction of sp³-hybridized carbons (Fsp3) is 0.429. The summed E-state index contributed by atoms with van der Waals surface area (Å²) in [7, 11) is -3.49. The zero-order valence-corrected chi connectivity index (χ0v) is 18.3. The second-order valence-corrected chi connectivity index (χ2v) is 10.3. The molecule has 0 bridgehead atoms. The predicted molar refractivity (Wildman–Crippen MR) is 113 cm³/mol. The number of amides is 1. The van der Waals surface area contributed by atoms with Crippen LogP contribution in [0.5, 0.6) is 0 Å². The Labute approximate surface area is 179 Å². The van der Waals surface area contributed by atoms with Crippen LogP contribution in [-0.4, -0.2) is 31.1 Å². The Morgan fingerprint density at radius 1 is 1.20 bits per heavy atom. The Morgan fingerprint density at radius 3 is 2.63 bits per heavy atom. The molecule has 0 radical (unpaired) electrons. The number of carbonyl (C=O) groups is 1. The number of nitrogens with one attached hydrogen (secondary N) is 1. The Kier molecular flexibility index (Phi) is 5.63. The third-order valence-corrected chi connectivity index (χ3v) is 7.38. The number of hydrogen-bond acceptors (Lipinski definition) is 6. The monoisotopic (exact) mass is 450 g/mol. The lowest BCUT2D eigenvalue weighted by molar-refractivity contribution is 0.0890. The smallest absolute Gasteiger partial charge is 0.287 e. The highest BCUT2D eigenvalue weighted by Crippen LogP contribution is 2.34. The minimum absolute atomic E-state index is 0.0108. The van der Waals surface area contributed by atoms with Crippen molar-refractivity contribution in [1.82, 2.24) is 10.3 Å². The van der Waals surface area contributed by atoms with E-state index in [0.717, 1.165) is 36.8 Å². The average molecular weight is 451 g/mol. The average Bonchev–Trinajstić information content (AvgIpc) is 3.32. The number of hydrogen-bond donors (Lipinski definition) is 1. The first kappa shape index (κ1) is 20.9. The zero-order valence-electron chi connectivity index (χ0n) is 16.8. The number of rotatable bonds is 5. The standard InChI is InChI=1S/C21H23ClN2O5S/c1-3-30(26,27)18-10-12(2)19(29-18)20(25)23-15-7-4-13(5-8-15)21-24-16-11-14(22)6-9-17(16)28-21/h6,9-11,13,15H,3-5,7-8H2,1-2H3,(H,23,25). The molecule has 1 aliphatic rings. The minimum atomic E-state index is -3.49. The van der Waals surface area contributed by atoms with Crippen LogP contribution in [0.2, 0.25) is 5.02 Å². The molecule has 7 nitrogen and oxygen atoms in total. The van der Waals surface area contributed by atoms with Gasteiger partial charge in [0.2, 0.25) is 14.9 Å². The van der Waals surface area contributed by atoms with E-state index >= 15 is 0 Å². The number of fused-ring (bicyclic) bond motifs is 1. The normalized spacial score (nSPS) is 19.8. The molecule has 2 heterocycles. The van der Waals surface area contributed by atoms with Gasteiger partial charge in [0.25, 0.3) is 5.91 Å². The Bertz CT molecular complexity index is 1190. The molecule has 0 unspecified atom stereocenters. The zero-order chi connectivity index (χ0) is 21.5. The van der Waals surface area contributed by atoms with Crippen molar-refractivity contribution >= 4 is 38.4 Å². The number of oxazole rings is 1. The van der Waals surface area contributed by atoms with Gasteiger partial charge in [0.15, 0.2) is 17.2 Å². The van der Waals surface area contributed by atoms with Crippen molar-refractivity contribution in [3.8, 4) is 0 Å². The Hall–Kier alpha value is -2.32. The molecule has 0 aliphatic heterocycles. The van der Waals surface area contributed by atoms with Gasteiger partial charge in [0, 0.05) is 22.5 Å². The molecule has 0 saturated heterocycles. The fourth-order valence-corrected chi connectivity index (χ4v) is 4.82. The van der Waals surface area contributed by atoms with Crippen molar-refractivity contribution in [2.45, 2.75) is 56.6 Å². The lowest BCUT2D eigenvalue weighted by Crippen LogP contribution is -2.37. The molecular formula is C21H23ClN2O5S. The third-order valence-electron chi connectivity index (χ3n) is 5.57. The Morgan fingerprint density at radius 2 is 1.93 bits per heavy atom. The number of sulfone groups is 1. The predicted octanol–water partition coefficient (Wildman–Crippen LogP) is 4.63. The fourth-order valence-electron chi connectivity index (χ4n) is 3.80. The molecule has 0 atom stereocenters. The van der Waals surface area contributed by atoms with Crippen LogP contribution in [0.25, 0.3) is 11.1 Å². The van der Waals surface area contributed by atoms with Crippen LogP contribution in [0.1, 0.15) is 60.5 Å². The van der Waals surface area contributed by atoms with E-state index in [9.17, 15) is 13.2 Å². The lowest BCUT2D eigenvalue weighted by Gasteiger charge is -2.27. The Balaban J connectivity index is 1.39. The van der Waals surface area contributed by atoms with Crippen LogP contribution in [0, 0.1) is 6.92 Å². The molecule has 3 aromatic rings. The van der Waals surface area contributed by atoms with Crippen molar-refractivity contribution in [1.29, 1.82) is 0 Å². The molecule has 9 heteroatoms. The van der Waals surface area contributed by atoms with Gasteiger partial charge in [0.05, 0.1) is 5.75 Å². The molecule has 1 amide bonds. The van der Waals surface area contributed by atoms with Gasteiger partial charge in [-0.3, -0.25) is 4.79 Å². The van der Waals surface area contributed by atoms with Crippen molar-refractivity contribution in [2.24, 2.45) is 0 Å². The van der Waals surface area contributed by atoms with Crippen molar-refractivity contribution in [3.63, 3.8) is 0 Å². The quantitative estimate of drug-likeness (QED) is 0.607. The maximum Gasteiger partial charge on any atom is 0.287 e. The van der Waals surface area contributed by atoms with Gasteiger partial charge in [-0.15, -0.1) is 0 Å². The van der Waals surface area contributed by atoms with E-state index in [2.05, 4.69) is 10.3 Å². The van der Waals surface area contributed by atoms with E-state index in [4.69, 9.17) is 20.4 Å². The maximum atomic E-state index is 12.6. The topological polar surface area (TPSA) is 102 Å². The maximum absolute atomic E-state index is 12.6. The molecule has 1 aromatic carbocycles. The van der Waals surface area contributed by atoms with Crippen LogP contribution in [0.4, 0.5) is 0 Å². The lowest BCUT2D eigenvalue weighted by atomic mass is 9.86. The van der Waals surface area contributed by atoms with Crippen LogP contribution >= 0.6 is 11.6 Å². The van der Waals surface area contributed by atoms with Gasteiger partial charge in [-0.25, -0.2) is 13.4 Å². The summed E-state index contributed by atoms with van der Waals surface area (Å²) in [5.74, 6) is 0.488. The first-order chi connectivity index (χ1) is 14.3. The second kappa shape index (κ2) is 8.07. The molecule has 1 fully saturated rings. The van der Waals surface area contributed by atoms with Crippen molar-refractivity contribution in [3.05, 3.63) is 46.5 Å².